The third kappa shape index (κ3) is 3.09. The zero-order chi connectivity index (χ0) is 10.6. The Labute approximate surface area is 83.8 Å². The van der Waals surface area contributed by atoms with Crippen LogP contribution in [-0.2, 0) is 13.2 Å². The van der Waals surface area contributed by atoms with Crippen LogP contribution in [-0.4, -0.2) is 11.1 Å². The van der Waals surface area contributed by atoms with Crippen LogP contribution in [0, 0.1) is 5.82 Å². The highest BCUT2D eigenvalue weighted by Gasteiger charge is 2.02. The van der Waals surface area contributed by atoms with Crippen LogP contribution in [0.1, 0.15) is 25.0 Å². The van der Waals surface area contributed by atoms with Crippen LogP contribution >= 0.6 is 0 Å². The minimum atomic E-state index is -0.346. The molecule has 78 valence electrons. The van der Waals surface area contributed by atoms with Crippen LogP contribution in [0.2, 0.25) is 0 Å². The van der Waals surface area contributed by atoms with Gasteiger partial charge in [0, 0.05) is 18.2 Å². The Hall–Kier alpha value is -0.930. The van der Waals surface area contributed by atoms with E-state index in [1.54, 1.807) is 12.1 Å². The number of benzene rings is 1. The van der Waals surface area contributed by atoms with E-state index in [0.29, 0.717) is 18.2 Å². The van der Waals surface area contributed by atoms with Gasteiger partial charge in [0.25, 0.3) is 0 Å². The number of hydrogen-bond acceptors (Lipinski definition) is 2. The Bertz CT molecular complexity index is 299. The maximum Gasteiger partial charge on any atom is 0.128 e. The van der Waals surface area contributed by atoms with E-state index in [-0.39, 0.29) is 12.4 Å². The Morgan fingerprint density at radius 2 is 2.14 bits per heavy atom. The number of aliphatic hydroxyl groups excluding tert-OH is 1. The summed E-state index contributed by atoms with van der Waals surface area (Å²) in [5.74, 6) is -0.346. The molecule has 0 atom stereocenters. The van der Waals surface area contributed by atoms with Gasteiger partial charge in [0.15, 0.2) is 0 Å². The zero-order valence-electron chi connectivity index (χ0n) is 8.55. The molecule has 0 fully saturated rings. The van der Waals surface area contributed by atoms with Crippen molar-refractivity contribution in [3.8, 4) is 0 Å². The summed E-state index contributed by atoms with van der Waals surface area (Å²) in [6, 6.07) is 5.20. The number of aliphatic hydroxyl groups is 1. The molecule has 0 aliphatic heterocycles. The second kappa shape index (κ2) is 5.08. The highest BCUT2D eigenvalue weighted by atomic mass is 19.1. The first-order chi connectivity index (χ1) is 6.63. The molecule has 0 aliphatic carbocycles. The lowest BCUT2D eigenvalue weighted by atomic mass is 10.1. The fourth-order valence-corrected chi connectivity index (χ4v) is 1.18. The summed E-state index contributed by atoms with van der Waals surface area (Å²) in [5, 5.41) is 12.1. The second-order valence-electron chi connectivity index (χ2n) is 3.62. The molecule has 2 N–H and O–H groups in total. The normalized spacial score (nSPS) is 10.9. The molecule has 0 spiro atoms. The van der Waals surface area contributed by atoms with Crippen LogP contribution in [0.15, 0.2) is 18.2 Å². The third-order valence-corrected chi connectivity index (χ3v) is 1.99. The van der Waals surface area contributed by atoms with Gasteiger partial charge in [-0.3, -0.25) is 0 Å². The predicted octanol–water partition coefficient (Wildman–Crippen LogP) is 1.82. The van der Waals surface area contributed by atoms with E-state index in [4.69, 9.17) is 5.11 Å². The van der Waals surface area contributed by atoms with E-state index in [9.17, 15) is 4.39 Å². The summed E-state index contributed by atoms with van der Waals surface area (Å²) in [5.41, 5.74) is 1.34. The second-order valence-corrected chi connectivity index (χ2v) is 3.62. The molecular formula is C11H16FNO. The van der Waals surface area contributed by atoms with E-state index in [1.807, 2.05) is 0 Å². The predicted molar refractivity (Wildman–Crippen MR) is 54.3 cm³/mol. The molecular weight excluding hydrogens is 181 g/mol. The lowest BCUT2D eigenvalue weighted by Gasteiger charge is -2.09. The smallest absolute Gasteiger partial charge is 0.128 e. The molecule has 0 amide bonds. The van der Waals surface area contributed by atoms with E-state index < -0.39 is 0 Å². The summed E-state index contributed by atoms with van der Waals surface area (Å²) in [6.07, 6.45) is 0. The number of halogens is 1. The molecule has 1 aromatic carbocycles. The minimum Gasteiger partial charge on any atom is -0.392 e. The molecule has 2 nitrogen and oxygen atoms in total. The summed E-state index contributed by atoms with van der Waals surface area (Å²) in [7, 11) is 0. The third-order valence-electron chi connectivity index (χ3n) is 1.99. The van der Waals surface area contributed by atoms with Crippen LogP contribution < -0.4 is 5.32 Å². The Morgan fingerprint density at radius 3 is 2.71 bits per heavy atom. The molecule has 1 rings (SSSR count). The monoisotopic (exact) mass is 197 g/mol. The summed E-state index contributed by atoms with van der Waals surface area (Å²) < 4.78 is 13.0. The number of nitrogens with one attached hydrogen (secondary N) is 1. The largest absolute Gasteiger partial charge is 0.392 e. The van der Waals surface area contributed by atoms with Gasteiger partial charge >= 0.3 is 0 Å². The maximum absolute atomic E-state index is 13.0. The summed E-state index contributed by atoms with van der Waals surface area (Å²) in [6.45, 7) is 4.55. The Morgan fingerprint density at radius 1 is 1.43 bits per heavy atom. The van der Waals surface area contributed by atoms with E-state index in [0.717, 1.165) is 5.56 Å². The van der Waals surface area contributed by atoms with Gasteiger partial charge < -0.3 is 10.4 Å². The van der Waals surface area contributed by atoms with Gasteiger partial charge in [0.1, 0.15) is 5.82 Å². The van der Waals surface area contributed by atoms with Crippen molar-refractivity contribution in [2.45, 2.75) is 33.0 Å². The van der Waals surface area contributed by atoms with Crippen LogP contribution in [0.4, 0.5) is 4.39 Å². The van der Waals surface area contributed by atoms with Gasteiger partial charge in [-0.15, -0.1) is 0 Å². The Kier molecular flexibility index (Phi) is 4.04. The van der Waals surface area contributed by atoms with Crippen molar-refractivity contribution in [2.24, 2.45) is 0 Å². The molecule has 0 radical (unpaired) electrons. The molecule has 0 aliphatic rings. The summed E-state index contributed by atoms with van der Waals surface area (Å²) in [4.78, 5) is 0. The van der Waals surface area contributed by atoms with Gasteiger partial charge in [-0.2, -0.15) is 0 Å². The number of hydrogen-bond donors (Lipinski definition) is 2. The van der Waals surface area contributed by atoms with Crippen molar-refractivity contribution in [3.63, 3.8) is 0 Å². The van der Waals surface area contributed by atoms with Gasteiger partial charge in [0.2, 0.25) is 0 Å². The molecule has 0 saturated heterocycles. The lowest BCUT2D eigenvalue weighted by Crippen LogP contribution is -2.21. The first-order valence-corrected chi connectivity index (χ1v) is 4.75. The first kappa shape index (κ1) is 11.1. The highest BCUT2D eigenvalue weighted by molar-refractivity contribution is 5.24. The average Bonchev–Trinajstić information content (AvgIpc) is 2.16. The fourth-order valence-electron chi connectivity index (χ4n) is 1.18. The SMILES string of the molecule is CC(C)NCc1ccc(F)c(CO)c1. The summed E-state index contributed by atoms with van der Waals surface area (Å²) >= 11 is 0. The molecule has 0 unspecified atom stereocenters. The fraction of sp³-hybridized carbons (Fsp3) is 0.455. The van der Waals surface area contributed by atoms with E-state index in [2.05, 4.69) is 19.2 Å². The van der Waals surface area contributed by atoms with Crippen molar-refractivity contribution >= 4 is 0 Å². The van der Waals surface area contributed by atoms with Gasteiger partial charge in [-0.05, 0) is 17.7 Å². The average molecular weight is 197 g/mol. The molecule has 1 aromatic rings. The van der Waals surface area contributed by atoms with Crippen molar-refractivity contribution in [1.29, 1.82) is 0 Å². The van der Waals surface area contributed by atoms with Crippen LogP contribution in [0.3, 0.4) is 0 Å². The van der Waals surface area contributed by atoms with Crippen molar-refractivity contribution in [1.82, 2.24) is 5.32 Å². The van der Waals surface area contributed by atoms with Crippen LogP contribution in [0.25, 0.3) is 0 Å². The van der Waals surface area contributed by atoms with Crippen molar-refractivity contribution < 1.29 is 9.50 Å². The molecule has 14 heavy (non-hydrogen) atoms. The maximum atomic E-state index is 13.0. The Balaban J connectivity index is 2.69. The van der Waals surface area contributed by atoms with Gasteiger partial charge in [-0.25, -0.2) is 4.39 Å². The van der Waals surface area contributed by atoms with Crippen molar-refractivity contribution in [2.75, 3.05) is 0 Å². The first-order valence-electron chi connectivity index (χ1n) is 4.75. The molecule has 0 aromatic heterocycles. The highest BCUT2D eigenvalue weighted by Crippen LogP contribution is 2.10. The standard InChI is InChI=1S/C11H16FNO/c1-8(2)13-6-9-3-4-11(12)10(5-9)7-14/h3-5,8,13-14H,6-7H2,1-2H3. The van der Waals surface area contributed by atoms with Crippen molar-refractivity contribution in [3.05, 3.63) is 35.1 Å². The molecule has 0 heterocycles. The topological polar surface area (TPSA) is 32.3 Å². The quantitative estimate of drug-likeness (QED) is 0.771. The zero-order valence-corrected chi connectivity index (χ0v) is 8.55. The lowest BCUT2D eigenvalue weighted by molar-refractivity contribution is 0.275. The molecule has 0 saturated carbocycles. The van der Waals surface area contributed by atoms with Crippen LogP contribution in [0.5, 0.6) is 0 Å². The minimum absolute atomic E-state index is 0.249. The van der Waals surface area contributed by atoms with Gasteiger partial charge in [-0.1, -0.05) is 19.9 Å². The van der Waals surface area contributed by atoms with E-state index in [1.165, 1.54) is 6.07 Å². The molecule has 0 bridgehead atoms. The van der Waals surface area contributed by atoms with E-state index >= 15 is 0 Å². The molecule has 3 heteroatoms. The van der Waals surface area contributed by atoms with Gasteiger partial charge in [0.05, 0.1) is 6.61 Å². The number of rotatable bonds is 4.